The third-order valence-corrected chi connectivity index (χ3v) is 5.91. The number of alkyl halides is 1. The smallest absolute Gasteiger partial charge is 0.129 e. The lowest BCUT2D eigenvalue weighted by atomic mass is 9.69. The van der Waals surface area contributed by atoms with E-state index in [1.807, 2.05) is 0 Å². The van der Waals surface area contributed by atoms with Crippen molar-refractivity contribution in [2.75, 3.05) is 0 Å². The molecule has 0 N–H and O–H groups in total. The minimum Gasteiger partial charge on any atom is -0.247 e. The predicted octanol–water partition coefficient (Wildman–Crippen LogP) is 6.08. The predicted molar refractivity (Wildman–Crippen MR) is 82.6 cm³/mol. The summed E-state index contributed by atoms with van der Waals surface area (Å²) < 4.78 is 40.7. The standard InChI is InChI=1S/C19H25F3/c1-12-18(21)10-16(11-19(12)22)15-4-2-13(3-5-15)14-6-8-17(20)9-7-14/h10-11,13-15,17H,2-9H2,1H3. The molecule has 0 spiro atoms. The summed E-state index contributed by atoms with van der Waals surface area (Å²) in [6.07, 6.45) is 7.12. The number of benzene rings is 1. The van der Waals surface area contributed by atoms with Crippen LogP contribution in [0.15, 0.2) is 12.1 Å². The van der Waals surface area contributed by atoms with Gasteiger partial charge in [-0.05, 0) is 93.7 Å². The summed E-state index contributed by atoms with van der Waals surface area (Å²) in [7, 11) is 0. The van der Waals surface area contributed by atoms with Gasteiger partial charge in [-0.25, -0.2) is 13.2 Å². The molecule has 0 amide bonds. The van der Waals surface area contributed by atoms with E-state index in [4.69, 9.17) is 0 Å². The second kappa shape index (κ2) is 6.64. The van der Waals surface area contributed by atoms with Gasteiger partial charge in [0.1, 0.15) is 17.8 Å². The number of rotatable bonds is 2. The fraction of sp³-hybridized carbons (Fsp3) is 0.684. The van der Waals surface area contributed by atoms with Crippen LogP contribution < -0.4 is 0 Å². The maximum absolute atomic E-state index is 13.7. The zero-order valence-electron chi connectivity index (χ0n) is 13.3. The molecule has 0 aliphatic heterocycles. The van der Waals surface area contributed by atoms with E-state index in [0.29, 0.717) is 11.8 Å². The molecule has 0 nitrogen and oxygen atoms in total. The first-order valence-electron chi connectivity index (χ1n) is 8.64. The maximum Gasteiger partial charge on any atom is 0.129 e. The fourth-order valence-corrected chi connectivity index (χ4v) is 4.37. The first kappa shape index (κ1) is 15.9. The van der Waals surface area contributed by atoms with Crippen molar-refractivity contribution in [1.82, 2.24) is 0 Å². The molecular weight excluding hydrogens is 285 g/mol. The van der Waals surface area contributed by atoms with E-state index in [-0.39, 0.29) is 11.5 Å². The molecule has 3 heteroatoms. The van der Waals surface area contributed by atoms with Crippen molar-refractivity contribution in [3.63, 3.8) is 0 Å². The van der Waals surface area contributed by atoms with Crippen LogP contribution in [0, 0.1) is 30.4 Å². The van der Waals surface area contributed by atoms with Crippen LogP contribution in [-0.4, -0.2) is 6.17 Å². The number of hydrogen-bond acceptors (Lipinski definition) is 0. The van der Waals surface area contributed by atoms with Crippen LogP contribution in [0.25, 0.3) is 0 Å². The van der Waals surface area contributed by atoms with Crippen molar-refractivity contribution < 1.29 is 13.2 Å². The molecule has 122 valence electrons. The van der Waals surface area contributed by atoms with Crippen LogP contribution in [0.1, 0.15) is 68.4 Å². The monoisotopic (exact) mass is 310 g/mol. The van der Waals surface area contributed by atoms with Gasteiger partial charge in [-0.15, -0.1) is 0 Å². The Kier molecular flexibility index (Phi) is 4.79. The molecule has 0 unspecified atom stereocenters. The van der Waals surface area contributed by atoms with Crippen LogP contribution in [-0.2, 0) is 0 Å². The quantitative estimate of drug-likeness (QED) is 0.621. The lowest BCUT2D eigenvalue weighted by Crippen LogP contribution is -2.25. The van der Waals surface area contributed by atoms with E-state index >= 15 is 0 Å². The van der Waals surface area contributed by atoms with Gasteiger partial charge < -0.3 is 0 Å². The second-order valence-corrected chi connectivity index (χ2v) is 7.23. The molecule has 2 fully saturated rings. The van der Waals surface area contributed by atoms with Gasteiger partial charge in [0.2, 0.25) is 0 Å². The van der Waals surface area contributed by atoms with Gasteiger partial charge in [-0.1, -0.05) is 0 Å². The Morgan fingerprint density at radius 3 is 1.73 bits per heavy atom. The molecule has 0 atom stereocenters. The van der Waals surface area contributed by atoms with Crippen LogP contribution in [0.3, 0.4) is 0 Å². The van der Waals surface area contributed by atoms with E-state index in [1.165, 1.54) is 19.1 Å². The lowest BCUT2D eigenvalue weighted by molar-refractivity contribution is 0.138. The van der Waals surface area contributed by atoms with Crippen molar-refractivity contribution in [2.45, 2.75) is 70.4 Å². The largest absolute Gasteiger partial charge is 0.247 e. The Morgan fingerprint density at radius 2 is 1.23 bits per heavy atom. The van der Waals surface area contributed by atoms with E-state index in [2.05, 4.69) is 0 Å². The topological polar surface area (TPSA) is 0 Å². The highest BCUT2D eigenvalue weighted by molar-refractivity contribution is 5.28. The van der Waals surface area contributed by atoms with Crippen molar-refractivity contribution in [3.8, 4) is 0 Å². The van der Waals surface area contributed by atoms with Crippen LogP contribution >= 0.6 is 0 Å². The SMILES string of the molecule is Cc1c(F)cc(C2CCC(C3CCC(F)CC3)CC2)cc1F. The Labute approximate surface area is 131 Å². The minimum absolute atomic E-state index is 0.111. The molecule has 22 heavy (non-hydrogen) atoms. The van der Waals surface area contributed by atoms with Gasteiger partial charge in [-0.2, -0.15) is 0 Å². The number of hydrogen-bond donors (Lipinski definition) is 0. The summed E-state index contributed by atoms with van der Waals surface area (Å²) in [5, 5.41) is 0. The molecule has 0 radical (unpaired) electrons. The number of halogens is 3. The molecular formula is C19H25F3. The third kappa shape index (κ3) is 3.33. The summed E-state index contributed by atoms with van der Waals surface area (Å²) in [6.45, 7) is 1.48. The summed E-state index contributed by atoms with van der Waals surface area (Å²) in [6, 6.07) is 3.02. The molecule has 0 saturated heterocycles. The second-order valence-electron chi connectivity index (χ2n) is 7.23. The maximum atomic E-state index is 13.7. The van der Waals surface area contributed by atoms with Crippen molar-refractivity contribution >= 4 is 0 Å². The molecule has 1 aromatic carbocycles. The molecule has 2 aliphatic rings. The average Bonchev–Trinajstić information content (AvgIpc) is 2.53. The van der Waals surface area contributed by atoms with Crippen LogP contribution in [0.2, 0.25) is 0 Å². The van der Waals surface area contributed by atoms with E-state index in [0.717, 1.165) is 56.9 Å². The molecule has 0 aromatic heterocycles. The molecule has 2 aliphatic carbocycles. The van der Waals surface area contributed by atoms with Gasteiger partial charge in [0.15, 0.2) is 0 Å². The highest BCUT2D eigenvalue weighted by Crippen LogP contribution is 2.43. The summed E-state index contributed by atoms with van der Waals surface area (Å²) in [5.74, 6) is 0.762. The van der Waals surface area contributed by atoms with Gasteiger partial charge in [-0.3, -0.25) is 0 Å². The Hall–Kier alpha value is -0.990. The minimum atomic E-state index is -0.592. The average molecular weight is 310 g/mol. The normalized spacial score (nSPS) is 32.9. The van der Waals surface area contributed by atoms with Gasteiger partial charge in [0.25, 0.3) is 0 Å². The van der Waals surface area contributed by atoms with Gasteiger partial charge in [0.05, 0.1) is 0 Å². The third-order valence-electron chi connectivity index (χ3n) is 5.91. The summed E-state index contributed by atoms with van der Waals surface area (Å²) >= 11 is 0. The molecule has 2 saturated carbocycles. The Bertz CT molecular complexity index is 486. The van der Waals surface area contributed by atoms with Gasteiger partial charge in [0, 0.05) is 5.56 Å². The Balaban J connectivity index is 1.60. The first-order valence-corrected chi connectivity index (χ1v) is 8.64. The van der Waals surface area contributed by atoms with Crippen molar-refractivity contribution in [1.29, 1.82) is 0 Å². The molecule has 0 bridgehead atoms. The summed E-state index contributed by atoms with van der Waals surface area (Å²) in [5.41, 5.74) is 0.923. The van der Waals surface area contributed by atoms with Crippen molar-refractivity contribution in [2.24, 2.45) is 11.8 Å². The van der Waals surface area contributed by atoms with Gasteiger partial charge >= 0.3 is 0 Å². The van der Waals surface area contributed by atoms with Crippen molar-refractivity contribution in [3.05, 3.63) is 34.9 Å². The van der Waals surface area contributed by atoms with E-state index < -0.39 is 17.8 Å². The lowest BCUT2D eigenvalue weighted by Gasteiger charge is -2.36. The summed E-state index contributed by atoms with van der Waals surface area (Å²) in [4.78, 5) is 0. The van der Waals surface area contributed by atoms with E-state index in [9.17, 15) is 13.2 Å². The Morgan fingerprint density at radius 1 is 0.773 bits per heavy atom. The zero-order valence-corrected chi connectivity index (χ0v) is 13.3. The zero-order chi connectivity index (χ0) is 15.7. The molecule has 1 aromatic rings. The molecule has 0 heterocycles. The van der Waals surface area contributed by atoms with E-state index in [1.54, 1.807) is 0 Å². The highest BCUT2D eigenvalue weighted by Gasteiger charge is 2.31. The fourth-order valence-electron chi connectivity index (χ4n) is 4.37. The van der Waals surface area contributed by atoms with Crippen LogP contribution in [0.5, 0.6) is 0 Å². The highest BCUT2D eigenvalue weighted by atomic mass is 19.1. The first-order chi connectivity index (χ1) is 10.5. The van der Waals surface area contributed by atoms with Crippen LogP contribution in [0.4, 0.5) is 13.2 Å². The molecule has 3 rings (SSSR count).